The zero-order chi connectivity index (χ0) is 8.48. The molecule has 11 heavy (non-hydrogen) atoms. The first-order valence-electron chi connectivity index (χ1n) is 3.26. The summed E-state index contributed by atoms with van der Waals surface area (Å²) in [6, 6.07) is 0. The molecule has 1 atom stereocenters. The Balaban J connectivity index is 2.86. The van der Waals surface area contributed by atoms with Crippen LogP contribution >= 0.6 is 11.9 Å². The lowest BCUT2D eigenvalue weighted by molar-refractivity contribution is -0.130. The van der Waals surface area contributed by atoms with Crippen molar-refractivity contribution in [3.05, 3.63) is 0 Å². The molecule has 0 amide bonds. The summed E-state index contributed by atoms with van der Waals surface area (Å²) in [6.45, 7) is 1.74. The molecule has 0 aromatic carbocycles. The highest BCUT2D eigenvalue weighted by molar-refractivity contribution is 7.98. The van der Waals surface area contributed by atoms with Gasteiger partial charge >= 0.3 is 5.97 Å². The molecule has 5 heteroatoms. The van der Waals surface area contributed by atoms with Gasteiger partial charge in [0, 0.05) is 0 Å². The van der Waals surface area contributed by atoms with Crippen LogP contribution in [0.1, 0.15) is 13.3 Å². The van der Waals surface area contributed by atoms with Gasteiger partial charge in [0.1, 0.15) is 5.60 Å². The Kier molecular flexibility index (Phi) is 2.20. The first kappa shape index (κ1) is 8.55. The van der Waals surface area contributed by atoms with E-state index < -0.39 is 11.6 Å². The van der Waals surface area contributed by atoms with Crippen molar-refractivity contribution in [1.29, 1.82) is 0 Å². The lowest BCUT2D eigenvalue weighted by atomic mass is 9.97. The number of rotatable bonds is 2. The lowest BCUT2D eigenvalue weighted by Crippen LogP contribution is -2.41. The Morgan fingerprint density at radius 2 is 2.55 bits per heavy atom. The first-order chi connectivity index (χ1) is 5.10. The Bertz CT molecular complexity index is 216. The summed E-state index contributed by atoms with van der Waals surface area (Å²) < 4.78 is 3.64. The summed E-state index contributed by atoms with van der Waals surface area (Å²) in [5.74, 6) is -0.773. The summed E-state index contributed by atoms with van der Waals surface area (Å²) in [5.41, 5.74) is -1.33. The molecule has 0 aromatic heterocycles. The van der Waals surface area contributed by atoms with Crippen LogP contribution in [0.15, 0.2) is 4.40 Å². The molecule has 0 aliphatic carbocycles. The molecule has 1 rings (SSSR count). The molecule has 0 saturated carbocycles. The van der Waals surface area contributed by atoms with Crippen LogP contribution in [0.4, 0.5) is 0 Å². The number of carbonyl (C=O) groups is 1. The second-order valence-electron chi connectivity index (χ2n) is 2.40. The van der Waals surface area contributed by atoms with E-state index in [9.17, 15) is 9.90 Å². The fraction of sp³-hybridized carbons (Fsp3) is 0.667. The number of hydrogen-bond donors (Lipinski definition) is 2. The van der Waals surface area contributed by atoms with Gasteiger partial charge in [-0.15, -0.1) is 0 Å². The standard InChI is InChI=1S/C6H9NO3S/c1-2-6(10)3-11-7-4(6)5(8)9/h10H,2-3H2,1H3,(H,8,9). The van der Waals surface area contributed by atoms with E-state index >= 15 is 0 Å². The molecular formula is C6H9NO3S. The molecule has 0 radical (unpaired) electrons. The number of carboxylic acids is 1. The lowest BCUT2D eigenvalue weighted by Gasteiger charge is -2.18. The van der Waals surface area contributed by atoms with E-state index in [1.54, 1.807) is 6.92 Å². The number of nitrogens with zero attached hydrogens (tertiary/aromatic N) is 1. The zero-order valence-corrected chi connectivity index (χ0v) is 6.89. The van der Waals surface area contributed by atoms with Crippen LogP contribution in [0.2, 0.25) is 0 Å². The predicted molar refractivity (Wildman–Crippen MR) is 42.8 cm³/mol. The van der Waals surface area contributed by atoms with Gasteiger partial charge in [-0.1, -0.05) is 6.92 Å². The summed E-state index contributed by atoms with van der Waals surface area (Å²) in [7, 11) is 0. The highest BCUT2D eigenvalue weighted by atomic mass is 32.2. The Labute approximate surface area is 68.5 Å². The number of aliphatic hydroxyl groups is 1. The second kappa shape index (κ2) is 2.83. The number of carboxylic acid groups (broad SMARTS) is 1. The molecule has 0 fully saturated rings. The minimum Gasteiger partial charge on any atom is -0.477 e. The fourth-order valence-corrected chi connectivity index (χ4v) is 1.86. The second-order valence-corrected chi connectivity index (χ2v) is 3.13. The Morgan fingerprint density at radius 1 is 1.91 bits per heavy atom. The Hall–Kier alpha value is -0.550. The average molecular weight is 175 g/mol. The molecule has 1 aliphatic rings. The van der Waals surface area contributed by atoms with Crippen molar-refractivity contribution in [2.75, 3.05) is 5.75 Å². The maximum absolute atomic E-state index is 10.5. The van der Waals surface area contributed by atoms with Gasteiger partial charge in [-0.3, -0.25) is 0 Å². The van der Waals surface area contributed by atoms with Gasteiger partial charge in [-0.05, 0) is 18.4 Å². The molecule has 0 bridgehead atoms. The third kappa shape index (κ3) is 1.39. The van der Waals surface area contributed by atoms with Crippen molar-refractivity contribution in [3.8, 4) is 0 Å². The van der Waals surface area contributed by atoms with E-state index in [0.717, 1.165) is 11.9 Å². The van der Waals surface area contributed by atoms with Crippen LogP contribution in [0.5, 0.6) is 0 Å². The van der Waals surface area contributed by atoms with Crippen LogP contribution in [0, 0.1) is 0 Å². The van der Waals surface area contributed by atoms with Crippen molar-refractivity contribution in [3.63, 3.8) is 0 Å². The average Bonchev–Trinajstić information content (AvgIpc) is 2.32. The number of aliphatic carboxylic acids is 1. The summed E-state index contributed by atoms with van der Waals surface area (Å²) in [4.78, 5) is 10.5. The molecule has 4 nitrogen and oxygen atoms in total. The molecule has 1 heterocycles. The maximum Gasteiger partial charge on any atom is 0.354 e. The monoisotopic (exact) mass is 175 g/mol. The highest BCUT2D eigenvalue weighted by Gasteiger charge is 2.40. The van der Waals surface area contributed by atoms with Crippen molar-refractivity contribution >= 4 is 23.6 Å². The quantitative estimate of drug-likeness (QED) is 0.593. The Morgan fingerprint density at radius 3 is 2.91 bits per heavy atom. The smallest absolute Gasteiger partial charge is 0.354 e. The minimum atomic E-state index is -1.21. The summed E-state index contributed by atoms with van der Waals surface area (Å²) in [5, 5.41) is 18.2. The molecular weight excluding hydrogens is 166 g/mol. The van der Waals surface area contributed by atoms with Gasteiger partial charge in [0.25, 0.3) is 0 Å². The van der Waals surface area contributed by atoms with Crippen LogP contribution < -0.4 is 0 Å². The van der Waals surface area contributed by atoms with Gasteiger partial charge < -0.3 is 10.2 Å². The fourth-order valence-electron chi connectivity index (χ4n) is 0.865. The van der Waals surface area contributed by atoms with E-state index in [2.05, 4.69) is 4.40 Å². The third-order valence-corrected chi connectivity index (χ3v) is 2.61. The van der Waals surface area contributed by atoms with Crippen LogP contribution in [-0.2, 0) is 4.79 Å². The van der Waals surface area contributed by atoms with Crippen LogP contribution in [-0.4, -0.2) is 33.2 Å². The van der Waals surface area contributed by atoms with E-state index in [1.165, 1.54) is 0 Å². The van der Waals surface area contributed by atoms with Gasteiger partial charge in [-0.25, -0.2) is 9.19 Å². The number of hydrogen-bond acceptors (Lipinski definition) is 4. The van der Waals surface area contributed by atoms with Gasteiger partial charge in [-0.2, -0.15) is 0 Å². The maximum atomic E-state index is 10.5. The predicted octanol–water partition coefficient (Wildman–Crippen LogP) is 0.315. The van der Waals surface area contributed by atoms with E-state index in [1.807, 2.05) is 0 Å². The zero-order valence-electron chi connectivity index (χ0n) is 6.07. The summed E-state index contributed by atoms with van der Waals surface area (Å²) in [6.07, 6.45) is 0.394. The van der Waals surface area contributed by atoms with Crippen molar-refractivity contribution in [2.24, 2.45) is 4.40 Å². The molecule has 1 unspecified atom stereocenters. The van der Waals surface area contributed by atoms with Gasteiger partial charge in [0.05, 0.1) is 5.75 Å². The molecule has 62 valence electrons. The van der Waals surface area contributed by atoms with Crippen molar-refractivity contribution in [2.45, 2.75) is 18.9 Å². The highest BCUT2D eigenvalue weighted by Crippen LogP contribution is 2.28. The van der Waals surface area contributed by atoms with Crippen LogP contribution in [0.3, 0.4) is 0 Å². The molecule has 0 spiro atoms. The third-order valence-electron chi connectivity index (χ3n) is 1.69. The van der Waals surface area contributed by atoms with E-state index in [4.69, 9.17) is 5.11 Å². The van der Waals surface area contributed by atoms with Gasteiger partial charge in [0.2, 0.25) is 0 Å². The normalized spacial score (nSPS) is 30.2. The van der Waals surface area contributed by atoms with E-state index in [-0.39, 0.29) is 5.71 Å². The van der Waals surface area contributed by atoms with Crippen LogP contribution in [0.25, 0.3) is 0 Å². The minimum absolute atomic E-state index is 0.120. The van der Waals surface area contributed by atoms with Gasteiger partial charge in [0.15, 0.2) is 5.71 Å². The molecule has 0 aromatic rings. The topological polar surface area (TPSA) is 69.9 Å². The largest absolute Gasteiger partial charge is 0.477 e. The van der Waals surface area contributed by atoms with Crippen molar-refractivity contribution in [1.82, 2.24) is 0 Å². The summed E-state index contributed by atoms with van der Waals surface area (Å²) >= 11 is 1.10. The SMILES string of the molecule is CCC1(O)CSN=C1C(=O)O. The first-order valence-corrected chi connectivity index (χ1v) is 4.20. The molecule has 0 saturated heterocycles. The molecule has 1 aliphatic heterocycles. The van der Waals surface area contributed by atoms with Crippen molar-refractivity contribution < 1.29 is 15.0 Å². The van der Waals surface area contributed by atoms with E-state index in [0.29, 0.717) is 12.2 Å². The molecule has 2 N–H and O–H groups in total.